The molecule has 0 rings (SSSR count). The summed E-state index contributed by atoms with van der Waals surface area (Å²) in [4.78, 5) is 9.80. The van der Waals surface area contributed by atoms with Gasteiger partial charge in [-0.1, -0.05) is 26.2 Å². The van der Waals surface area contributed by atoms with Crippen LogP contribution in [0.2, 0.25) is 0 Å². The first-order valence-corrected chi connectivity index (χ1v) is 4.26. The predicted molar refractivity (Wildman–Crippen MR) is 47.5 cm³/mol. The Morgan fingerprint density at radius 2 is 2.09 bits per heavy atom. The van der Waals surface area contributed by atoms with Crippen molar-refractivity contribution < 1.29 is 4.79 Å². The van der Waals surface area contributed by atoms with Crippen LogP contribution in [0.15, 0.2) is 17.9 Å². The van der Waals surface area contributed by atoms with Crippen LogP contribution in [0.3, 0.4) is 0 Å². The highest BCUT2D eigenvalue weighted by Gasteiger charge is 1.82. The molecule has 0 aromatic carbocycles. The maximum absolute atomic E-state index is 9.80. The second-order valence-electron chi connectivity index (χ2n) is 2.52. The molecular formula is C10H16O. The van der Waals surface area contributed by atoms with Crippen LogP contribution in [0, 0.1) is 0 Å². The summed E-state index contributed by atoms with van der Waals surface area (Å²) in [6.45, 7) is 2.20. The van der Waals surface area contributed by atoms with Crippen LogP contribution in [-0.4, -0.2) is 6.29 Å². The standard InChI is InChI=1S/C10H16O/c1-2-3-4-5-6-7-8-9-10-11/h7,9-10H,2-6H2,1H3. The molecule has 0 unspecified atom stereocenters. The number of unbranched alkanes of at least 4 members (excludes halogenated alkanes) is 4. The number of hydrogen-bond acceptors (Lipinski definition) is 1. The molecule has 0 saturated carbocycles. The van der Waals surface area contributed by atoms with Gasteiger partial charge in [0.15, 0.2) is 6.29 Å². The SMILES string of the molecule is CCCCCCC=C=CC=O. The maximum atomic E-state index is 9.80. The van der Waals surface area contributed by atoms with E-state index in [0.717, 1.165) is 12.7 Å². The third-order valence-corrected chi connectivity index (χ3v) is 1.48. The molecule has 0 aromatic heterocycles. The first kappa shape index (κ1) is 10.2. The van der Waals surface area contributed by atoms with Gasteiger partial charge < -0.3 is 0 Å². The average Bonchev–Trinajstić information content (AvgIpc) is 2.03. The Labute approximate surface area is 68.8 Å². The summed E-state index contributed by atoms with van der Waals surface area (Å²) in [5.74, 6) is 0. The van der Waals surface area contributed by atoms with Crippen molar-refractivity contribution in [3.63, 3.8) is 0 Å². The summed E-state index contributed by atoms with van der Waals surface area (Å²) in [6.07, 6.45) is 10.2. The molecule has 0 radical (unpaired) electrons. The number of rotatable bonds is 6. The summed E-state index contributed by atoms with van der Waals surface area (Å²) in [7, 11) is 0. The number of carbonyl (C=O) groups is 1. The fourth-order valence-corrected chi connectivity index (χ4v) is 0.864. The summed E-state index contributed by atoms with van der Waals surface area (Å²) < 4.78 is 0. The van der Waals surface area contributed by atoms with Gasteiger partial charge in [-0.25, -0.2) is 0 Å². The monoisotopic (exact) mass is 152 g/mol. The molecule has 0 N–H and O–H groups in total. The minimum absolute atomic E-state index is 0.753. The van der Waals surface area contributed by atoms with Crippen molar-refractivity contribution in [2.45, 2.75) is 39.0 Å². The van der Waals surface area contributed by atoms with Crippen LogP contribution in [0.25, 0.3) is 0 Å². The lowest BCUT2D eigenvalue weighted by atomic mass is 10.1. The van der Waals surface area contributed by atoms with Crippen LogP contribution in [0.5, 0.6) is 0 Å². The van der Waals surface area contributed by atoms with E-state index in [4.69, 9.17) is 0 Å². The molecule has 0 aliphatic rings. The quantitative estimate of drug-likeness (QED) is 0.247. The van der Waals surface area contributed by atoms with Gasteiger partial charge in [-0.2, -0.15) is 0 Å². The Bertz CT molecular complexity index is 141. The molecule has 0 fully saturated rings. The molecule has 0 aromatic rings. The Morgan fingerprint density at radius 3 is 2.73 bits per heavy atom. The molecule has 0 atom stereocenters. The lowest BCUT2D eigenvalue weighted by molar-refractivity contribution is -0.104. The molecule has 11 heavy (non-hydrogen) atoms. The molecule has 1 nitrogen and oxygen atoms in total. The number of aldehydes is 1. The Kier molecular flexibility index (Phi) is 8.51. The van der Waals surface area contributed by atoms with Gasteiger partial charge in [-0.05, 0) is 18.9 Å². The molecule has 0 spiro atoms. The van der Waals surface area contributed by atoms with Crippen molar-refractivity contribution in [3.05, 3.63) is 17.9 Å². The zero-order valence-electron chi connectivity index (χ0n) is 7.18. The van der Waals surface area contributed by atoms with E-state index in [9.17, 15) is 4.79 Å². The molecule has 0 aliphatic carbocycles. The van der Waals surface area contributed by atoms with Crippen molar-refractivity contribution in [2.75, 3.05) is 0 Å². The summed E-state index contributed by atoms with van der Waals surface area (Å²) >= 11 is 0. The second kappa shape index (κ2) is 9.19. The van der Waals surface area contributed by atoms with Crippen LogP contribution < -0.4 is 0 Å². The van der Waals surface area contributed by atoms with Crippen molar-refractivity contribution >= 4 is 6.29 Å². The van der Waals surface area contributed by atoms with Crippen LogP contribution in [0.4, 0.5) is 0 Å². The second-order valence-corrected chi connectivity index (χ2v) is 2.52. The summed E-state index contributed by atoms with van der Waals surface area (Å²) in [6, 6.07) is 0. The van der Waals surface area contributed by atoms with Gasteiger partial charge >= 0.3 is 0 Å². The van der Waals surface area contributed by atoms with Gasteiger partial charge in [0, 0.05) is 6.08 Å². The number of allylic oxidation sites excluding steroid dienone is 1. The van der Waals surface area contributed by atoms with Crippen LogP contribution >= 0.6 is 0 Å². The molecule has 1 heteroatoms. The van der Waals surface area contributed by atoms with E-state index in [1.165, 1.54) is 31.8 Å². The van der Waals surface area contributed by atoms with Gasteiger partial charge in [-0.3, -0.25) is 4.79 Å². The molecule has 62 valence electrons. The van der Waals surface area contributed by atoms with Gasteiger partial charge in [0.25, 0.3) is 0 Å². The van der Waals surface area contributed by atoms with Crippen molar-refractivity contribution in [1.29, 1.82) is 0 Å². The van der Waals surface area contributed by atoms with E-state index < -0.39 is 0 Å². The van der Waals surface area contributed by atoms with E-state index in [1.54, 1.807) is 0 Å². The van der Waals surface area contributed by atoms with Gasteiger partial charge in [0.05, 0.1) is 0 Å². The Morgan fingerprint density at radius 1 is 1.27 bits per heavy atom. The van der Waals surface area contributed by atoms with Crippen LogP contribution in [-0.2, 0) is 4.79 Å². The molecule has 0 bridgehead atoms. The fraction of sp³-hybridized carbons (Fsp3) is 0.600. The minimum Gasteiger partial charge on any atom is -0.298 e. The summed E-state index contributed by atoms with van der Waals surface area (Å²) in [5, 5.41) is 0. The molecule has 0 amide bonds. The van der Waals surface area contributed by atoms with Crippen LogP contribution in [0.1, 0.15) is 39.0 Å². The topological polar surface area (TPSA) is 17.1 Å². The highest BCUT2D eigenvalue weighted by atomic mass is 16.1. The lowest BCUT2D eigenvalue weighted by Gasteiger charge is -1.91. The van der Waals surface area contributed by atoms with E-state index in [2.05, 4.69) is 12.7 Å². The first-order valence-electron chi connectivity index (χ1n) is 4.26. The Hall–Kier alpha value is -0.810. The number of carbonyl (C=O) groups excluding carboxylic acids is 1. The van der Waals surface area contributed by atoms with E-state index >= 15 is 0 Å². The minimum atomic E-state index is 0.753. The zero-order valence-corrected chi connectivity index (χ0v) is 7.18. The molecular weight excluding hydrogens is 136 g/mol. The van der Waals surface area contributed by atoms with Gasteiger partial charge in [0.1, 0.15) is 0 Å². The fourth-order valence-electron chi connectivity index (χ4n) is 0.864. The molecule has 0 heterocycles. The third kappa shape index (κ3) is 9.19. The highest BCUT2D eigenvalue weighted by Crippen LogP contribution is 2.01. The molecule has 0 aliphatic heterocycles. The normalized spacial score (nSPS) is 8.45. The van der Waals surface area contributed by atoms with E-state index in [1.807, 2.05) is 6.08 Å². The average molecular weight is 152 g/mol. The predicted octanol–water partition coefficient (Wildman–Crippen LogP) is 2.87. The largest absolute Gasteiger partial charge is 0.298 e. The van der Waals surface area contributed by atoms with E-state index in [-0.39, 0.29) is 0 Å². The number of hydrogen-bond donors (Lipinski definition) is 0. The maximum Gasteiger partial charge on any atom is 0.150 e. The van der Waals surface area contributed by atoms with Crippen molar-refractivity contribution in [1.82, 2.24) is 0 Å². The smallest absolute Gasteiger partial charge is 0.150 e. The highest BCUT2D eigenvalue weighted by molar-refractivity contribution is 5.64. The third-order valence-electron chi connectivity index (χ3n) is 1.48. The van der Waals surface area contributed by atoms with Gasteiger partial charge in [-0.15, -0.1) is 5.73 Å². The van der Waals surface area contributed by atoms with Crippen molar-refractivity contribution in [3.8, 4) is 0 Å². The molecule has 0 saturated heterocycles. The lowest BCUT2D eigenvalue weighted by Crippen LogP contribution is -1.72. The van der Waals surface area contributed by atoms with Crippen molar-refractivity contribution in [2.24, 2.45) is 0 Å². The zero-order chi connectivity index (χ0) is 8.36. The Balaban J connectivity index is 3.13. The summed E-state index contributed by atoms with van der Waals surface area (Å²) in [5.41, 5.74) is 2.79. The van der Waals surface area contributed by atoms with Gasteiger partial charge in [0.2, 0.25) is 0 Å². The first-order chi connectivity index (χ1) is 5.41. The van der Waals surface area contributed by atoms with E-state index in [0.29, 0.717) is 0 Å².